The molecule has 0 aliphatic heterocycles. The SMILES string of the molecule is CCOC(C)(CC)C(NC)c1cccc(C)c1. The predicted octanol–water partition coefficient (Wildman–Crippen LogP) is 3.46. The highest BCUT2D eigenvalue weighted by molar-refractivity contribution is 5.27. The number of hydrogen-bond acceptors (Lipinski definition) is 2. The first-order valence-corrected chi connectivity index (χ1v) is 6.45. The third kappa shape index (κ3) is 3.30. The zero-order chi connectivity index (χ0) is 12.9. The Morgan fingerprint density at radius 1 is 1.35 bits per heavy atom. The summed E-state index contributed by atoms with van der Waals surface area (Å²) < 4.78 is 5.96. The molecule has 96 valence electrons. The summed E-state index contributed by atoms with van der Waals surface area (Å²) in [6.45, 7) is 9.28. The third-order valence-corrected chi connectivity index (χ3v) is 3.45. The Labute approximate surface area is 105 Å². The minimum Gasteiger partial charge on any atom is -0.374 e. The number of rotatable bonds is 6. The van der Waals surface area contributed by atoms with E-state index in [1.165, 1.54) is 11.1 Å². The molecule has 2 atom stereocenters. The van der Waals surface area contributed by atoms with Crippen LogP contribution in [-0.4, -0.2) is 19.3 Å². The van der Waals surface area contributed by atoms with E-state index in [1.54, 1.807) is 0 Å². The molecule has 1 aromatic rings. The standard InChI is InChI=1S/C15H25NO/c1-6-15(4,17-7-2)14(16-5)13-10-8-9-12(3)11-13/h8-11,14,16H,6-7H2,1-5H3. The average molecular weight is 235 g/mol. The van der Waals surface area contributed by atoms with Gasteiger partial charge in [-0.1, -0.05) is 36.8 Å². The molecule has 0 bridgehead atoms. The Bertz CT molecular complexity index is 351. The lowest BCUT2D eigenvalue weighted by atomic mass is 9.87. The molecule has 0 spiro atoms. The van der Waals surface area contributed by atoms with Crippen molar-refractivity contribution in [1.82, 2.24) is 5.32 Å². The maximum atomic E-state index is 5.96. The van der Waals surface area contributed by atoms with Gasteiger partial charge in [-0.2, -0.15) is 0 Å². The molecule has 0 saturated heterocycles. The lowest BCUT2D eigenvalue weighted by Crippen LogP contribution is -2.42. The summed E-state index contributed by atoms with van der Waals surface area (Å²) in [7, 11) is 2.00. The molecule has 2 unspecified atom stereocenters. The maximum Gasteiger partial charge on any atom is 0.0845 e. The van der Waals surface area contributed by atoms with Gasteiger partial charge < -0.3 is 10.1 Å². The molecule has 0 aromatic heterocycles. The molecule has 1 N–H and O–H groups in total. The van der Waals surface area contributed by atoms with Crippen molar-refractivity contribution in [3.8, 4) is 0 Å². The fourth-order valence-corrected chi connectivity index (χ4v) is 2.39. The second-order valence-electron chi connectivity index (χ2n) is 4.74. The first kappa shape index (κ1) is 14.2. The molecular formula is C15H25NO. The first-order valence-electron chi connectivity index (χ1n) is 6.45. The molecule has 0 aliphatic rings. The summed E-state index contributed by atoms with van der Waals surface area (Å²) in [4.78, 5) is 0. The Kier molecular flexibility index (Phi) is 5.16. The normalized spacial score (nSPS) is 16.5. The molecule has 0 saturated carbocycles. The first-order chi connectivity index (χ1) is 8.07. The topological polar surface area (TPSA) is 21.3 Å². The van der Waals surface area contributed by atoms with Gasteiger partial charge in [0.1, 0.15) is 0 Å². The van der Waals surface area contributed by atoms with E-state index in [1.807, 2.05) is 7.05 Å². The van der Waals surface area contributed by atoms with Crippen molar-refractivity contribution in [2.45, 2.75) is 45.8 Å². The second kappa shape index (κ2) is 6.18. The van der Waals surface area contributed by atoms with Crippen LogP contribution in [0.4, 0.5) is 0 Å². The van der Waals surface area contributed by atoms with Crippen molar-refractivity contribution < 1.29 is 4.74 Å². The number of likely N-dealkylation sites (N-methyl/N-ethyl adjacent to an activating group) is 1. The summed E-state index contributed by atoms with van der Waals surface area (Å²) in [5, 5.41) is 3.40. The van der Waals surface area contributed by atoms with Gasteiger partial charge in [0.05, 0.1) is 11.6 Å². The maximum absolute atomic E-state index is 5.96. The second-order valence-corrected chi connectivity index (χ2v) is 4.74. The van der Waals surface area contributed by atoms with Gasteiger partial charge in [-0.25, -0.2) is 0 Å². The van der Waals surface area contributed by atoms with Crippen molar-refractivity contribution >= 4 is 0 Å². The highest BCUT2D eigenvalue weighted by Gasteiger charge is 2.33. The van der Waals surface area contributed by atoms with Crippen molar-refractivity contribution in [3.63, 3.8) is 0 Å². The van der Waals surface area contributed by atoms with Crippen LogP contribution in [0.15, 0.2) is 24.3 Å². The number of nitrogens with one attached hydrogen (secondary N) is 1. The third-order valence-electron chi connectivity index (χ3n) is 3.45. The van der Waals surface area contributed by atoms with E-state index in [0.717, 1.165) is 13.0 Å². The smallest absolute Gasteiger partial charge is 0.0845 e. The van der Waals surface area contributed by atoms with Crippen LogP contribution < -0.4 is 5.32 Å². The minimum absolute atomic E-state index is 0.155. The highest BCUT2D eigenvalue weighted by atomic mass is 16.5. The van der Waals surface area contributed by atoms with Gasteiger partial charge in [0.15, 0.2) is 0 Å². The van der Waals surface area contributed by atoms with Gasteiger partial charge in [-0.3, -0.25) is 0 Å². The van der Waals surface area contributed by atoms with E-state index in [2.05, 4.69) is 57.3 Å². The van der Waals surface area contributed by atoms with E-state index < -0.39 is 0 Å². The zero-order valence-electron chi connectivity index (χ0n) is 11.7. The number of benzene rings is 1. The van der Waals surface area contributed by atoms with Crippen LogP contribution in [0, 0.1) is 6.92 Å². The van der Waals surface area contributed by atoms with Crippen LogP contribution in [0.25, 0.3) is 0 Å². The Morgan fingerprint density at radius 3 is 2.53 bits per heavy atom. The summed E-state index contributed by atoms with van der Waals surface area (Å²) in [6, 6.07) is 8.86. The zero-order valence-corrected chi connectivity index (χ0v) is 11.7. The van der Waals surface area contributed by atoms with Crippen molar-refractivity contribution in [2.75, 3.05) is 13.7 Å². The van der Waals surface area contributed by atoms with Crippen molar-refractivity contribution in [1.29, 1.82) is 0 Å². The molecule has 0 heterocycles. The number of ether oxygens (including phenoxy) is 1. The Morgan fingerprint density at radius 2 is 2.06 bits per heavy atom. The summed E-state index contributed by atoms with van der Waals surface area (Å²) in [5.74, 6) is 0. The van der Waals surface area contributed by atoms with Gasteiger partial charge in [0.2, 0.25) is 0 Å². The van der Waals surface area contributed by atoms with Gasteiger partial charge >= 0.3 is 0 Å². The van der Waals surface area contributed by atoms with Gasteiger partial charge in [-0.05, 0) is 39.8 Å². The van der Waals surface area contributed by atoms with Crippen LogP contribution in [0.2, 0.25) is 0 Å². The predicted molar refractivity (Wildman–Crippen MR) is 73.3 cm³/mol. The van der Waals surface area contributed by atoms with Crippen LogP contribution >= 0.6 is 0 Å². The van der Waals surface area contributed by atoms with Gasteiger partial charge in [0, 0.05) is 6.61 Å². The summed E-state index contributed by atoms with van der Waals surface area (Å²) in [6.07, 6.45) is 0.986. The number of aryl methyl sites for hydroxylation is 1. The lowest BCUT2D eigenvalue weighted by molar-refractivity contribution is -0.0547. The quantitative estimate of drug-likeness (QED) is 0.815. The van der Waals surface area contributed by atoms with Crippen molar-refractivity contribution in [2.24, 2.45) is 0 Å². The van der Waals surface area contributed by atoms with Crippen molar-refractivity contribution in [3.05, 3.63) is 35.4 Å². The molecule has 2 heteroatoms. The van der Waals surface area contributed by atoms with E-state index in [-0.39, 0.29) is 11.6 Å². The van der Waals surface area contributed by atoms with E-state index in [4.69, 9.17) is 4.74 Å². The Balaban J connectivity index is 3.04. The molecule has 0 aliphatic carbocycles. The Hall–Kier alpha value is -0.860. The van der Waals surface area contributed by atoms with Crippen LogP contribution in [-0.2, 0) is 4.74 Å². The molecule has 0 amide bonds. The van der Waals surface area contributed by atoms with Crippen LogP contribution in [0.5, 0.6) is 0 Å². The molecular weight excluding hydrogens is 210 g/mol. The van der Waals surface area contributed by atoms with E-state index >= 15 is 0 Å². The molecule has 17 heavy (non-hydrogen) atoms. The largest absolute Gasteiger partial charge is 0.374 e. The summed E-state index contributed by atoms with van der Waals surface area (Å²) >= 11 is 0. The highest BCUT2D eigenvalue weighted by Crippen LogP contribution is 2.32. The monoisotopic (exact) mass is 235 g/mol. The van der Waals surface area contributed by atoms with Gasteiger partial charge in [0.25, 0.3) is 0 Å². The molecule has 1 aromatic carbocycles. The molecule has 2 nitrogen and oxygen atoms in total. The molecule has 0 fully saturated rings. The average Bonchev–Trinajstić information content (AvgIpc) is 2.30. The fraction of sp³-hybridized carbons (Fsp3) is 0.600. The van der Waals surface area contributed by atoms with E-state index in [9.17, 15) is 0 Å². The van der Waals surface area contributed by atoms with Crippen LogP contribution in [0.1, 0.15) is 44.4 Å². The molecule has 0 radical (unpaired) electrons. The lowest BCUT2D eigenvalue weighted by Gasteiger charge is -2.37. The van der Waals surface area contributed by atoms with E-state index in [0.29, 0.717) is 0 Å². The summed E-state index contributed by atoms with van der Waals surface area (Å²) in [5.41, 5.74) is 2.43. The van der Waals surface area contributed by atoms with Gasteiger partial charge in [-0.15, -0.1) is 0 Å². The minimum atomic E-state index is -0.155. The van der Waals surface area contributed by atoms with Crippen LogP contribution in [0.3, 0.4) is 0 Å². The number of hydrogen-bond donors (Lipinski definition) is 1. The molecule has 1 rings (SSSR count). The fourth-order valence-electron chi connectivity index (χ4n) is 2.39.